The second-order valence-corrected chi connectivity index (χ2v) is 8.36. The van der Waals surface area contributed by atoms with Crippen molar-refractivity contribution < 1.29 is 33.9 Å². The molecule has 1 aliphatic heterocycles. The lowest BCUT2D eigenvalue weighted by molar-refractivity contribution is -0.384. The number of aromatic carboxylic acids is 1. The molecular formula is C28H17N3O8. The van der Waals surface area contributed by atoms with Gasteiger partial charge in [-0.25, -0.2) is 9.69 Å². The van der Waals surface area contributed by atoms with E-state index in [-0.39, 0.29) is 50.8 Å². The number of fused-ring (bicyclic) bond motifs is 1. The van der Waals surface area contributed by atoms with E-state index in [9.17, 15) is 34.4 Å². The maximum absolute atomic E-state index is 13.1. The summed E-state index contributed by atoms with van der Waals surface area (Å²) >= 11 is 0. The Morgan fingerprint density at radius 2 is 1.51 bits per heavy atom. The average Bonchev–Trinajstić information content (AvgIpc) is 3.18. The number of nitrogens with one attached hydrogen (secondary N) is 1. The highest BCUT2D eigenvalue weighted by atomic mass is 16.6. The highest BCUT2D eigenvalue weighted by molar-refractivity contribution is 6.34. The van der Waals surface area contributed by atoms with Crippen LogP contribution in [0.5, 0.6) is 11.5 Å². The summed E-state index contributed by atoms with van der Waals surface area (Å²) in [5, 5.41) is 22.9. The van der Waals surface area contributed by atoms with Crippen molar-refractivity contribution in [3.05, 3.63) is 123 Å². The van der Waals surface area contributed by atoms with Crippen LogP contribution in [0.1, 0.15) is 41.4 Å². The number of amides is 3. The molecule has 0 saturated heterocycles. The number of benzene rings is 4. The van der Waals surface area contributed by atoms with Crippen molar-refractivity contribution in [1.82, 2.24) is 0 Å². The lowest BCUT2D eigenvalue weighted by Gasteiger charge is -2.14. The van der Waals surface area contributed by atoms with Crippen molar-refractivity contribution in [2.24, 2.45) is 0 Å². The minimum atomic E-state index is -1.19. The highest BCUT2D eigenvalue weighted by Crippen LogP contribution is 2.33. The molecular weight excluding hydrogens is 506 g/mol. The molecule has 0 fully saturated rings. The number of para-hydroxylation sites is 1. The Balaban J connectivity index is 1.34. The third kappa shape index (κ3) is 4.79. The zero-order valence-electron chi connectivity index (χ0n) is 19.9. The molecule has 0 saturated carbocycles. The number of hydrogen-bond acceptors (Lipinski definition) is 7. The van der Waals surface area contributed by atoms with Gasteiger partial charge in [-0.2, -0.15) is 0 Å². The monoisotopic (exact) mass is 523 g/mol. The molecule has 1 aliphatic rings. The fraction of sp³-hybridized carbons (Fsp3) is 0. The van der Waals surface area contributed by atoms with Crippen molar-refractivity contribution in [2.45, 2.75) is 0 Å². The SMILES string of the molecule is O=C(Nc1ccccc1C(=O)O)c1ccc(N2C(=O)c3ccc(Oc4cccc([N+](=O)[O-])c4)cc3C2=O)cc1. The Morgan fingerprint density at radius 1 is 0.821 bits per heavy atom. The molecule has 0 atom stereocenters. The lowest BCUT2D eigenvalue weighted by atomic mass is 10.1. The first-order valence-electron chi connectivity index (χ1n) is 11.4. The van der Waals surface area contributed by atoms with Gasteiger partial charge in [-0.05, 0) is 60.7 Å². The van der Waals surface area contributed by atoms with Gasteiger partial charge in [-0.3, -0.25) is 24.5 Å². The molecule has 4 aromatic rings. The molecule has 0 spiro atoms. The fourth-order valence-electron chi connectivity index (χ4n) is 4.05. The van der Waals surface area contributed by atoms with Crippen molar-refractivity contribution >= 4 is 40.8 Å². The van der Waals surface area contributed by atoms with Gasteiger partial charge in [0.2, 0.25) is 0 Å². The first kappa shape index (κ1) is 24.8. The molecule has 0 aromatic heterocycles. The van der Waals surface area contributed by atoms with E-state index >= 15 is 0 Å². The molecule has 0 aliphatic carbocycles. The Bertz CT molecular complexity index is 1680. The molecule has 3 amide bonds. The second-order valence-electron chi connectivity index (χ2n) is 8.36. The zero-order chi connectivity index (χ0) is 27.7. The van der Waals surface area contributed by atoms with Gasteiger partial charge >= 0.3 is 5.97 Å². The molecule has 5 rings (SSSR count). The van der Waals surface area contributed by atoms with Crippen LogP contribution in [0.4, 0.5) is 17.1 Å². The predicted molar refractivity (Wildman–Crippen MR) is 139 cm³/mol. The summed E-state index contributed by atoms with van der Waals surface area (Å²) in [6.07, 6.45) is 0. The quantitative estimate of drug-likeness (QED) is 0.192. The van der Waals surface area contributed by atoms with E-state index in [0.717, 1.165) is 4.90 Å². The van der Waals surface area contributed by atoms with Crippen molar-refractivity contribution in [3.8, 4) is 11.5 Å². The van der Waals surface area contributed by atoms with E-state index in [1.807, 2.05) is 0 Å². The normalized spacial score (nSPS) is 12.2. The summed E-state index contributed by atoms with van der Waals surface area (Å²) in [5.41, 5.74) is 0.556. The van der Waals surface area contributed by atoms with Gasteiger partial charge in [0.15, 0.2) is 0 Å². The maximum Gasteiger partial charge on any atom is 0.337 e. The van der Waals surface area contributed by atoms with Crippen molar-refractivity contribution in [1.29, 1.82) is 0 Å². The Labute approximate surface area is 220 Å². The summed E-state index contributed by atoms with van der Waals surface area (Å²) in [5.74, 6) is -2.52. The number of carbonyl (C=O) groups excluding carboxylic acids is 3. The average molecular weight is 523 g/mol. The van der Waals surface area contributed by atoms with Gasteiger partial charge in [0.05, 0.1) is 39.1 Å². The van der Waals surface area contributed by atoms with Gasteiger partial charge in [-0.1, -0.05) is 18.2 Å². The van der Waals surface area contributed by atoms with Gasteiger partial charge < -0.3 is 15.2 Å². The minimum absolute atomic E-state index is 0.0673. The van der Waals surface area contributed by atoms with Crippen LogP contribution in [0.15, 0.2) is 91.0 Å². The molecule has 0 unspecified atom stereocenters. The number of carboxylic acid groups (broad SMARTS) is 1. The summed E-state index contributed by atoms with van der Waals surface area (Å²) in [6.45, 7) is 0. The van der Waals surface area contributed by atoms with Crippen molar-refractivity contribution in [3.63, 3.8) is 0 Å². The van der Waals surface area contributed by atoms with Gasteiger partial charge in [-0.15, -0.1) is 0 Å². The van der Waals surface area contributed by atoms with Crippen LogP contribution in [0.3, 0.4) is 0 Å². The summed E-state index contributed by atoms with van der Waals surface area (Å²) in [6, 6.07) is 21.5. The largest absolute Gasteiger partial charge is 0.478 e. The van der Waals surface area contributed by atoms with E-state index in [2.05, 4.69) is 5.32 Å². The summed E-state index contributed by atoms with van der Waals surface area (Å²) < 4.78 is 5.67. The number of imide groups is 1. The number of ether oxygens (including phenoxy) is 1. The smallest absolute Gasteiger partial charge is 0.337 e. The Morgan fingerprint density at radius 3 is 2.23 bits per heavy atom. The van der Waals surface area contributed by atoms with E-state index in [4.69, 9.17) is 4.74 Å². The van der Waals surface area contributed by atoms with E-state index in [1.54, 1.807) is 12.1 Å². The third-order valence-corrected chi connectivity index (χ3v) is 5.92. The summed E-state index contributed by atoms with van der Waals surface area (Å²) in [4.78, 5) is 61.6. The number of anilines is 2. The van der Waals surface area contributed by atoms with Gasteiger partial charge in [0.25, 0.3) is 23.4 Å². The second kappa shape index (κ2) is 9.90. The molecule has 0 bridgehead atoms. The molecule has 1 heterocycles. The molecule has 0 radical (unpaired) electrons. The predicted octanol–water partition coefficient (Wildman–Crippen LogP) is 5.14. The number of nitrogens with zero attached hydrogens (tertiary/aromatic N) is 2. The first-order valence-corrected chi connectivity index (χ1v) is 11.4. The standard InChI is InChI=1S/C28H17N3O8/c32-25(29-24-7-2-1-6-22(24)28(35)36)16-8-10-17(11-9-16)30-26(33)21-13-12-20(15-23(21)27(30)34)39-19-5-3-4-18(14-19)31(37)38/h1-15H,(H,29,32)(H,35,36). The van der Waals surface area contributed by atoms with E-state index in [0.29, 0.717) is 0 Å². The van der Waals surface area contributed by atoms with Crippen LogP contribution < -0.4 is 15.0 Å². The van der Waals surface area contributed by atoms with Crippen LogP contribution in [-0.4, -0.2) is 33.7 Å². The number of hydrogen-bond donors (Lipinski definition) is 2. The Kier molecular flexibility index (Phi) is 6.31. The number of rotatable bonds is 7. The van der Waals surface area contributed by atoms with Gasteiger partial charge in [0.1, 0.15) is 11.5 Å². The number of nitro groups is 1. The van der Waals surface area contributed by atoms with Crippen LogP contribution in [-0.2, 0) is 0 Å². The zero-order valence-corrected chi connectivity index (χ0v) is 19.9. The number of carboxylic acids is 1. The number of nitro benzene ring substituents is 1. The van der Waals surface area contributed by atoms with Crippen LogP contribution in [0, 0.1) is 10.1 Å². The highest BCUT2D eigenvalue weighted by Gasteiger charge is 2.37. The molecule has 2 N–H and O–H groups in total. The van der Waals surface area contributed by atoms with Crippen LogP contribution >= 0.6 is 0 Å². The first-order chi connectivity index (χ1) is 18.7. The molecule has 11 heteroatoms. The lowest BCUT2D eigenvalue weighted by Crippen LogP contribution is -2.29. The number of non-ortho nitro benzene ring substituents is 1. The topological polar surface area (TPSA) is 156 Å². The maximum atomic E-state index is 13.1. The summed E-state index contributed by atoms with van der Waals surface area (Å²) in [7, 11) is 0. The third-order valence-electron chi connectivity index (χ3n) is 5.92. The Hall–Kier alpha value is -5.84. The van der Waals surface area contributed by atoms with Gasteiger partial charge in [0, 0.05) is 11.6 Å². The van der Waals surface area contributed by atoms with Crippen LogP contribution in [0.2, 0.25) is 0 Å². The minimum Gasteiger partial charge on any atom is -0.478 e. The molecule has 192 valence electrons. The van der Waals surface area contributed by atoms with E-state index < -0.39 is 28.6 Å². The number of carbonyl (C=O) groups is 4. The molecule has 4 aromatic carbocycles. The van der Waals surface area contributed by atoms with Crippen LogP contribution in [0.25, 0.3) is 0 Å². The molecule has 39 heavy (non-hydrogen) atoms. The fourth-order valence-corrected chi connectivity index (χ4v) is 4.05. The van der Waals surface area contributed by atoms with E-state index in [1.165, 1.54) is 78.9 Å². The van der Waals surface area contributed by atoms with Crippen molar-refractivity contribution in [2.75, 3.05) is 10.2 Å². The molecule has 11 nitrogen and oxygen atoms in total.